The summed E-state index contributed by atoms with van der Waals surface area (Å²) < 4.78 is 15.1. The summed E-state index contributed by atoms with van der Waals surface area (Å²) in [6, 6.07) is 0. The normalized spacial score (nSPS) is 51.7. The molecule has 2 aliphatic rings. The summed E-state index contributed by atoms with van der Waals surface area (Å²) in [5.74, 6) is 0. The lowest BCUT2D eigenvalue weighted by atomic mass is 9.98. The van der Waals surface area contributed by atoms with Gasteiger partial charge < -0.3 is 55.1 Å². The molecule has 2 aliphatic heterocycles. The highest BCUT2D eigenvalue weighted by atomic mass is 16.7. The van der Waals surface area contributed by atoms with Gasteiger partial charge >= 0.3 is 0 Å². The molecule has 10 atom stereocenters. The lowest BCUT2D eigenvalue weighted by Gasteiger charge is -2.41. The first kappa shape index (κ1) is 18.9. The zero-order valence-electron chi connectivity index (χ0n) is 12.0. The van der Waals surface area contributed by atoms with Crippen LogP contribution >= 0.6 is 0 Å². The van der Waals surface area contributed by atoms with Gasteiger partial charge in [-0.1, -0.05) is 0 Å². The van der Waals surface area contributed by atoms with Crippen molar-refractivity contribution < 1.29 is 55.1 Å². The van der Waals surface area contributed by atoms with Crippen molar-refractivity contribution in [2.75, 3.05) is 13.2 Å². The van der Waals surface area contributed by atoms with E-state index in [0.29, 0.717) is 0 Å². The molecule has 0 radical (unpaired) electrons. The first-order chi connectivity index (χ1) is 10.8. The summed E-state index contributed by atoms with van der Waals surface area (Å²) in [5, 5.41) is 76.1. The molecule has 0 aromatic heterocycles. The highest BCUT2D eigenvalue weighted by Gasteiger charge is 2.46. The van der Waals surface area contributed by atoms with Crippen LogP contribution < -0.4 is 0 Å². The van der Waals surface area contributed by atoms with Gasteiger partial charge in [0.05, 0.1) is 13.2 Å². The minimum absolute atomic E-state index is 0.468. The van der Waals surface area contributed by atoms with E-state index >= 15 is 0 Å². The van der Waals surface area contributed by atoms with Crippen molar-refractivity contribution >= 4 is 0 Å². The van der Waals surface area contributed by atoms with E-state index in [4.69, 9.17) is 19.3 Å². The maximum absolute atomic E-state index is 9.78. The van der Waals surface area contributed by atoms with E-state index in [9.17, 15) is 35.7 Å². The van der Waals surface area contributed by atoms with Crippen molar-refractivity contribution in [3.63, 3.8) is 0 Å². The van der Waals surface area contributed by atoms with E-state index < -0.39 is 74.6 Å². The van der Waals surface area contributed by atoms with Crippen molar-refractivity contribution in [2.45, 2.75) is 61.4 Å². The third-order valence-electron chi connectivity index (χ3n) is 3.96. The smallest absolute Gasteiger partial charge is 0.186 e. The third kappa shape index (κ3) is 3.81. The van der Waals surface area contributed by atoms with Gasteiger partial charge in [0.1, 0.15) is 48.8 Å². The number of aliphatic hydroxyl groups is 8. The molecule has 0 unspecified atom stereocenters. The topological polar surface area (TPSA) is 190 Å². The molecule has 0 saturated carbocycles. The van der Waals surface area contributed by atoms with Crippen molar-refractivity contribution in [2.24, 2.45) is 0 Å². The predicted molar refractivity (Wildman–Crippen MR) is 68.6 cm³/mol. The Labute approximate surface area is 130 Å². The first-order valence-corrected chi connectivity index (χ1v) is 7.07. The molecule has 0 aliphatic carbocycles. The Balaban J connectivity index is 1.94. The molecule has 2 fully saturated rings. The quantitative estimate of drug-likeness (QED) is 0.243. The van der Waals surface area contributed by atoms with Gasteiger partial charge in [0, 0.05) is 0 Å². The van der Waals surface area contributed by atoms with Crippen LogP contribution in [0.5, 0.6) is 0 Å². The van der Waals surface area contributed by atoms with E-state index in [1.807, 2.05) is 0 Å². The fourth-order valence-electron chi connectivity index (χ4n) is 2.46. The number of hydrogen-bond donors (Lipinski definition) is 8. The van der Waals surface area contributed by atoms with Gasteiger partial charge in [-0.3, -0.25) is 0 Å². The Morgan fingerprint density at radius 1 is 0.652 bits per heavy atom. The Bertz CT molecular complexity index is 380. The van der Waals surface area contributed by atoms with Crippen LogP contribution in [0, 0.1) is 0 Å². The van der Waals surface area contributed by atoms with Crippen molar-refractivity contribution in [1.29, 1.82) is 0 Å². The maximum Gasteiger partial charge on any atom is 0.186 e. The third-order valence-corrected chi connectivity index (χ3v) is 3.96. The van der Waals surface area contributed by atoms with Gasteiger partial charge in [-0.25, -0.2) is 0 Å². The van der Waals surface area contributed by atoms with Crippen molar-refractivity contribution in [1.82, 2.24) is 0 Å². The summed E-state index contributed by atoms with van der Waals surface area (Å²) in [6.45, 7) is -1.10. The first-order valence-electron chi connectivity index (χ1n) is 7.07. The number of hydrogen-bond acceptors (Lipinski definition) is 11. The number of rotatable bonds is 4. The average Bonchev–Trinajstić information content (AvgIpc) is 2.54. The van der Waals surface area contributed by atoms with Crippen LogP contribution in [0.2, 0.25) is 0 Å². The van der Waals surface area contributed by atoms with Crippen LogP contribution in [0.25, 0.3) is 0 Å². The lowest BCUT2D eigenvalue weighted by molar-refractivity contribution is -0.325. The molecular formula is C12H22O11. The molecule has 0 spiro atoms. The maximum atomic E-state index is 9.78. The Morgan fingerprint density at radius 2 is 1.22 bits per heavy atom. The van der Waals surface area contributed by atoms with E-state index in [0.717, 1.165) is 0 Å². The van der Waals surface area contributed by atoms with Crippen molar-refractivity contribution in [3.05, 3.63) is 0 Å². The summed E-state index contributed by atoms with van der Waals surface area (Å²) in [6.07, 6.45) is -15.3. The molecular weight excluding hydrogens is 320 g/mol. The Morgan fingerprint density at radius 3 is 1.83 bits per heavy atom. The van der Waals surface area contributed by atoms with Gasteiger partial charge in [0.25, 0.3) is 0 Å². The highest BCUT2D eigenvalue weighted by molar-refractivity contribution is 4.91. The van der Waals surface area contributed by atoms with E-state index in [1.165, 1.54) is 0 Å². The second kappa shape index (κ2) is 7.63. The average molecular weight is 342 g/mol. The summed E-state index contributed by atoms with van der Waals surface area (Å²) in [5.41, 5.74) is 0. The molecule has 2 saturated heterocycles. The molecule has 11 nitrogen and oxygen atoms in total. The van der Waals surface area contributed by atoms with E-state index in [-0.39, 0.29) is 0 Å². The molecule has 0 bridgehead atoms. The van der Waals surface area contributed by atoms with Crippen LogP contribution in [0.15, 0.2) is 0 Å². The Hall–Kier alpha value is -0.440. The Kier molecular flexibility index (Phi) is 6.27. The molecule has 2 rings (SSSR count). The van der Waals surface area contributed by atoms with Gasteiger partial charge in [-0.2, -0.15) is 0 Å². The van der Waals surface area contributed by atoms with Crippen LogP contribution in [0.3, 0.4) is 0 Å². The number of aliphatic hydroxyl groups excluding tert-OH is 8. The van der Waals surface area contributed by atoms with Gasteiger partial charge in [-0.15, -0.1) is 0 Å². The van der Waals surface area contributed by atoms with Crippen LogP contribution in [0.1, 0.15) is 0 Å². The van der Waals surface area contributed by atoms with Gasteiger partial charge in [0.15, 0.2) is 12.6 Å². The SMILES string of the molecule is OC[C@@H]1O[C@@H](OC[C@@H]2O[C@@H](O)[C@H](O)[C@H](O)[C@@H]2O)[C@H](O)[C@H](O)[C@@H]1O. The zero-order chi connectivity index (χ0) is 17.3. The lowest BCUT2D eigenvalue weighted by Crippen LogP contribution is -2.61. The monoisotopic (exact) mass is 342 g/mol. The second-order valence-electron chi connectivity index (χ2n) is 5.57. The molecule has 0 aromatic carbocycles. The summed E-state index contributed by atoms with van der Waals surface area (Å²) in [4.78, 5) is 0. The van der Waals surface area contributed by atoms with Crippen LogP contribution in [-0.4, -0.2) is 115 Å². The summed E-state index contributed by atoms with van der Waals surface area (Å²) >= 11 is 0. The summed E-state index contributed by atoms with van der Waals surface area (Å²) in [7, 11) is 0. The minimum atomic E-state index is -1.74. The molecule has 0 amide bonds. The standard InChI is InChI=1S/C12H22O11/c13-1-3-5(14)8(17)10(19)12(23-3)21-2-4-6(15)7(16)9(18)11(20)22-4/h3-20H,1-2H2/t3-,4-,5+,6+,7+,8+,9+,10+,11+,12+/m0/s1. The van der Waals surface area contributed by atoms with E-state index in [2.05, 4.69) is 0 Å². The predicted octanol–water partition coefficient (Wildman–Crippen LogP) is -5.40. The van der Waals surface area contributed by atoms with E-state index in [1.54, 1.807) is 0 Å². The van der Waals surface area contributed by atoms with Gasteiger partial charge in [0.2, 0.25) is 0 Å². The molecule has 23 heavy (non-hydrogen) atoms. The van der Waals surface area contributed by atoms with Crippen LogP contribution in [-0.2, 0) is 14.2 Å². The second-order valence-corrected chi connectivity index (χ2v) is 5.57. The largest absolute Gasteiger partial charge is 0.394 e. The fraction of sp³-hybridized carbons (Fsp3) is 1.00. The molecule has 11 heteroatoms. The molecule has 2 heterocycles. The molecule has 0 aromatic rings. The van der Waals surface area contributed by atoms with Crippen molar-refractivity contribution in [3.8, 4) is 0 Å². The van der Waals surface area contributed by atoms with Crippen LogP contribution in [0.4, 0.5) is 0 Å². The minimum Gasteiger partial charge on any atom is -0.394 e. The molecule has 8 N–H and O–H groups in total. The molecule has 136 valence electrons. The number of ether oxygens (including phenoxy) is 3. The zero-order valence-corrected chi connectivity index (χ0v) is 12.0. The highest BCUT2D eigenvalue weighted by Crippen LogP contribution is 2.24. The van der Waals surface area contributed by atoms with Gasteiger partial charge in [-0.05, 0) is 0 Å². The fourth-order valence-corrected chi connectivity index (χ4v) is 2.46.